The summed E-state index contributed by atoms with van der Waals surface area (Å²) in [6.45, 7) is 0. The first-order valence-corrected chi connectivity index (χ1v) is 10.5. The van der Waals surface area contributed by atoms with Gasteiger partial charge in [-0.1, -0.05) is 24.3 Å². The van der Waals surface area contributed by atoms with E-state index < -0.39 is 0 Å². The highest BCUT2D eigenvalue weighted by Crippen LogP contribution is 2.29. The van der Waals surface area contributed by atoms with Crippen molar-refractivity contribution >= 4 is 44.5 Å². The minimum absolute atomic E-state index is 0.138. The van der Waals surface area contributed by atoms with Crippen molar-refractivity contribution < 1.29 is 13.6 Å². The molecule has 0 aliphatic carbocycles. The van der Waals surface area contributed by atoms with Gasteiger partial charge in [-0.15, -0.1) is 0 Å². The van der Waals surface area contributed by atoms with E-state index in [2.05, 4.69) is 23.2 Å². The topological polar surface area (TPSA) is 86.8 Å². The summed E-state index contributed by atoms with van der Waals surface area (Å²) in [5, 5.41) is 3.95. The molecule has 0 saturated heterocycles. The van der Waals surface area contributed by atoms with E-state index in [0.717, 1.165) is 44.1 Å². The van der Waals surface area contributed by atoms with E-state index in [4.69, 9.17) is 24.3 Å². The predicted octanol–water partition coefficient (Wildman–Crippen LogP) is 6.22. The summed E-state index contributed by atoms with van der Waals surface area (Å²) >= 11 is 0. The van der Waals surface area contributed by atoms with Gasteiger partial charge in [0.1, 0.15) is 22.6 Å². The van der Waals surface area contributed by atoms with Crippen LogP contribution in [0.3, 0.4) is 0 Å². The molecule has 4 aromatic carbocycles. The average molecular weight is 433 g/mol. The minimum atomic E-state index is 0.138. The Hall–Kier alpha value is -4.58. The molecule has 0 amide bonds. The summed E-state index contributed by atoms with van der Waals surface area (Å²) in [6.07, 6.45) is 0. The monoisotopic (exact) mass is 433 g/mol. The molecule has 2 N–H and O–H groups in total. The van der Waals surface area contributed by atoms with Crippen LogP contribution in [-0.4, -0.2) is 12.1 Å². The number of nitrogen functional groups attached to an aromatic ring is 1. The fourth-order valence-electron chi connectivity index (χ4n) is 3.98. The van der Waals surface area contributed by atoms with Gasteiger partial charge in [0, 0.05) is 17.0 Å². The summed E-state index contributed by atoms with van der Waals surface area (Å²) in [4.78, 5) is 9.10. The molecule has 6 nitrogen and oxygen atoms in total. The Bertz CT molecular complexity index is 1710. The number of rotatable bonds is 3. The molecular formula is C27H19N3O3. The third-order valence-electron chi connectivity index (χ3n) is 5.62. The van der Waals surface area contributed by atoms with Crippen LogP contribution in [0.25, 0.3) is 44.2 Å². The second-order valence-corrected chi connectivity index (χ2v) is 7.74. The SMILES string of the molecule is COc1ccc(N=c2cc(-c3ccc4nc(N)oc4c3)oc3cc4ccccc4cc23)cc1. The number of anilines is 1. The molecule has 33 heavy (non-hydrogen) atoms. The van der Waals surface area contributed by atoms with E-state index in [1.54, 1.807) is 7.11 Å². The smallest absolute Gasteiger partial charge is 0.292 e. The molecule has 160 valence electrons. The summed E-state index contributed by atoms with van der Waals surface area (Å²) in [6, 6.07) is 27.8. The Morgan fingerprint density at radius 2 is 1.61 bits per heavy atom. The molecule has 0 aliphatic rings. The number of fused-ring (bicyclic) bond motifs is 3. The highest BCUT2D eigenvalue weighted by Gasteiger charge is 2.11. The molecule has 2 aromatic heterocycles. The van der Waals surface area contributed by atoms with Crippen LogP contribution in [0.2, 0.25) is 0 Å². The number of methoxy groups -OCH3 is 1. The standard InChI is InChI=1S/C27H19N3O3/c1-31-20-9-7-19(8-10-20)29-23-15-24(18-6-11-22-26(14-18)33-27(28)30-22)32-25-13-17-5-3-2-4-16(17)12-21(23)25/h2-15H,1H3,(H2,28,30). The van der Waals surface area contributed by atoms with Crippen molar-refractivity contribution in [1.29, 1.82) is 0 Å². The van der Waals surface area contributed by atoms with Crippen molar-refractivity contribution in [3.63, 3.8) is 0 Å². The maximum Gasteiger partial charge on any atom is 0.292 e. The van der Waals surface area contributed by atoms with Crippen LogP contribution in [0.15, 0.2) is 98.8 Å². The van der Waals surface area contributed by atoms with E-state index in [1.807, 2.05) is 66.7 Å². The molecule has 6 aromatic rings. The number of nitrogens with two attached hydrogens (primary N) is 1. The first kappa shape index (κ1) is 19.1. The number of nitrogens with zero attached hydrogens (tertiary/aromatic N) is 2. The molecule has 6 rings (SSSR count). The van der Waals surface area contributed by atoms with Crippen molar-refractivity contribution in [2.24, 2.45) is 4.99 Å². The summed E-state index contributed by atoms with van der Waals surface area (Å²) in [5.74, 6) is 1.45. The van der Waals surface area contributed by atoms with Crippen molar-refractivity contribution in [3.05, 3.63) is 90.3 Å². The average Bonchev–Trinajstić information content (AvgIpc) is 3.22. The second kappa shape index (κ2) is 7.53. The van der Waals surface area contributed by atoms with Gasteiger partial charge in [-0.05, 0) is 65.4 Å². The van der Waals surface area contributed by atoms with E-state index in [0.29, 0.717) is 16.9 Å². The zero-order valence-electron chi connectivity index (χ0n) is 17.8. The van der Waals surface area contributed by atoms with E-state index >= 15 is 0 Å². The highest BCUT2D eigenvalue weighted by molar-refractivity contribution is 5.96. The summed E-state index contributed by atoms with van der Waals surface area (Å²) in [7, 11) is 1.65. The number of hydrogen-bond donors (Lipinski definition) is 1. The lowest BCUT2D eigenvalue weighted by Gasteiger charge is -2.07. The fraction of sp³-hybridized carbons (Fsp3) is 0.0370. The van der Waals surface area contributed by atoms with Crippen molar-refractivity contribution in [2.45, 2.75) is 0 Å². The first-order chi connectivity index (χ1) is 16.2. The lowest BCUT2D eigenvalue weighted by molar-refractivity contribution is 0.415. The number of ether oxygens (including phenoxy) is 1. The van der Waals surface area contributed by atoms with Crippen molar-refractivity contribution in [3.8, 4) is 17.1 Å². The van der Waals surface area contributed by atoms with Crippen molar-refractivity contribution in [2.75, 3.05) is 12.8 Å². The Balaban J connectivity index is 1.62. The number of oxazole rings is 1. The Morgan fingerprint density at radius 1 is 0.818 bits per heavy atom. The normalized spacial score (nSPS) is 12.1. The van der Waals surface area contributed by atoms with Crippen LogP contribution in [0.1, 0.15) is 0 Å². The van der Waals surface area contributed by atoms with Gasteiger partial charge in [0.05, 0.1) is 18.2 Å². The second-order valence-electron chi connectivity index (χ2n) is 7.74. The fourth-order valence-corrected chi connectivity index (χ4v) is 3.98. The molecule has 0 radical (unpaired) electrons. The summed E-state index contributed by atoms with van der Waals surface area (Å²) in [5.41, 5.74) is 9.43. The van der Waals surface area contributed by atoms with Gasteiger partial charge < -0.3 is 19.3 Å². The minimum Gasteiger partial charge on any atom is -0.497 e. The molecule has 0 atom stereocenters. The maximum absolute atomic E-state index is 6.35. The van der Waals surface area contributed by atoms with Crippen molar-refractivity contribution in [1.82, 2.24) is 4.98 Å². The number of aromatic nitrogens is 1. The van der Waals surface area contributed by atoms with Crippen LogP contribution in [0, 0.1) is 0 Å². The van der Waals surface area contributed by atoms with Gasteiger partial charge in [0.2, 0.25) is 0 Å². The lowest BCUT2D eigenvalue weighted by Crippen LogP contribution is -2.03. The van der Waals surface area contributed by atoms with E-state index in [-0.39, 0.29) is 6.01 Å². The quantitative estimate of drug-likeness (QED) is 0.335. The largest absolute Gasteiger partial charge is 0.497 e. The third kappa shape index (κ3) is 3.47. The highest BCUT2D eigenvalue weighted by atomic mass is 16.5. The zero-order valence-corrected chi connectivity index (χ0v) is 17.8. The van der Waals surface area contributed by atoms with E-state index in [9.17, 15) is 0 Å². The Labute approximate surface area is 188 Å². The third-order valence-corrected chi connectivity index (χ3v) is 5.62. The molecular weight excluding hydrogens is 414 g/mol. The predicted molar refractivity (Wildman–Crippen MR) is 129 cm³/mol. The molecule has 0 spiro atoms. The molecule has 0 saturated carbocycles. The lowest BCUT2D eigenvalue weighted by atomic mass is 10.1. The molecule has 2 heterocycles. The molecule has 6 heteroatoms. The molecule has 0 unspecified atom stereocenters. The summed E-state index contributed by atoms with van der Waals surface area (Å²) < 4.78 is 17.1. The zero-order chi connectivity index (χ0) is 22.4. The van der Waals surface area contributed by atoms with Crippen LogP contribution in [0.4, 0.5) is 11.7 Å². The number of hydrogen-bond acceptors (Lipinski definition) is 6. The van der Waals surface area contributed by atoms with Crippen LogP contribution in [-0.2, 0) is 0 Å². The van der Waals surface area contributed by atoms with Gasteiger partial charge in [-0.2, -0.15) is 4.98 Å². The van der Waals surface area contributed by atoms with Gasteiger partial charge in [-0.25, -0.2) is 4.99 Å². The van der Waals surface area contributed by atoms with Crippen LogP contribution in [0.5, 0.6) is 5.75 Å². The number of benzene rings is 4. The van der Waals surface area contributed by atoms with Crippen LogP contribution >= 0.6 is 0 Å². The van der Waals surface area contributed by atoms with Gasteiger partial charge in [0.15, 0.2) is 5.58 Å². The maximum atomic E-state index is 6.35. The molecule has 0 bridgehead atoms. The van der Waals surface area contributed by atoms with Gasteiger partial charge in [-0.3, -0.25) is 0 Å². The molecule has 0 fully saturated rings. The van der Waals surface area contributed by atoms with E-state index in [1.165, 1.54) is 0 Å². The first-order valence-electron chi connectivity index (χ1n) is 10.5. The Morgan fingerprint density at radius 3 is 2.39 bits per heavy atom. The van der Waals surface area contributed by atoms with Gasteiger partial charge in [0.25, 0.3) is 6.01 Å². The molecule has 0 aliphatic heterocycles. The van der Waals surface area contributed by atoms with Gasteiger partial charge >= 0.3 is 0 Å². The Kier molecular flexibility index (Phi) is 4.36. The van der Waals surface area contributed by atoms with Crippen LogP contribution < -0.4 is 15.8 Å².